The van der Waals surface area contributed by atoms with Crippen LogP contribution < -0.4 is 0 Å². The van der Waals surface area contributed by atoms with Crippen molar-refractivity contribution in [2.24, 2.45) is 0 Å². The van der Waals surface area contributed by atoms with E-state index >= 15 is 0 Å². The summed E-state index contributed by atoms with van der Waals surface area (Å²) >= 11 is 3.48. The van der Waals surface area contributed by atoms with Crippen molar-refractivity contribution in [1.29, 1.82) is 0 Å². The van der Waals surface area contributed by atoms with Crippen molar-refractivity contribution in [3.8, 4) is 0 Å². The van der Waals surface area contributed by atoms with Gasteiger partial charge >= 0.3 is 0 Å². The molecule has 0 saturated carbocycles. The van der Waals surface area contributed by atoms with Crippen LogP contribution in [0.3, 0.4) is 0 Å². The summed E-state index contributed by atoms with van der Waals surface area (Å²) in [7, 11) is 0. The molecule has 0 radical (unpaired) electrons. The number of nitrogens with zero attached hydrogens (tertiary/aromatic N) is 1. The molecule has 0 spiro atoms. The molecule has 1 aromatic carbocycles. The summed E-state index contributed by atoms with van der Waals surface area (Å²) in [6.07, 6.45) is 1.81. The highest BCUT2D eigenvalue weighted by molar-refractivity contribution is 9.10. The van der Waals surface area contributed by atoms with Gasteiger partial charge in [-0.15, -0.1) is 0 Å². The number of fused-ring (bicyclic) bond motifs is 1. The molecule has 0 aliphatic rings. The molecule has 2 heteroatoms. The summed E-state index contributed by atoms with van der Waals surface area (Å²) in [5, 5.41) is 1.19. The van der Waals surface area contributed by atoms with Crippen molar-refractivity contribution in [2.45, 2.75) is 6.92 Å². The lowest BCUT2D eigenvalue weighted by Gasteiger charge is -2.00. The Morgan fingerprint density at radius 3 is 3.00 bits per heavy atom. The standard InChI is InChI=1S/C10H8BrN/c1-7-5-8-3-2-4-12-10(8)6-9(7)11/h2-6H,1H3. The van der Waals surface area contributed by atoms with Crippen LogP contribution in [0.25, 0.3) is 10.9 Å². The van der Waals surface area contributed by atoms with Gasteiger partial charge in [0, 0.05) is 16.1 Å². The van der Waals surface area contributed by atoms with Gasteiger partial charge in [0.15, 0.2) is 0 Å². The molecule has 0 N–H and O–H groups in total. The van der Waals surface area contributed by atoms with Crippen LogP contribution in [-0.2, 0) is 0 Å². The van der Waals surface area contributed by atoms with E-state index in [-0.39, 0.29) is 0 Å². The van der Waals surface area contributed by atoms with E-state index in [0.717, 1.165) is 9.99 Å². The van der Waals surface area contributed by atoms with Gasteiger partial charge < -0.3 is 0 Å². The number of aryl methyl sites for hydroxylation is 1. The Labute approximate surface area is 79.6 Å². The highest BCUT2D eigenvalue weighted by Crippen LogP contribution is 2.21. The Bertz CT molecular complexity index is 383. The summed E-state index contributed by atoms with van der Waals surface area (Å²) < 4.78 is 1.12. The molecule has 60 valence electrons. The molecular formula is C10H8BrN. The van der Waals surface area contributed by atoms with E-state index in [2.05, 4.69) is 40.0 Å². The minimum Gasteiger partial charge on any atom is -0.256 e. The summed E-state index contributed by atoms with van der Waals surface area (Å²) in [6, 6.07) is 8.20. The maximum Gasteiger partial charge on any atom is 0.0713 e. The topological polar surface area (TPSA) is 12.9 Å². The molecule has 1 heterocycles. The van der Waals surface area contributed by atoms with Crippen LogP contribution in [0, 0.1) is 6.92 Å². The van der Waals surface area contributed by atoms with Crippen LogP contribution >= 0.6 is 15.9 Å². The van der Waals surface area contributed by atoms with Gasteiger partial charge in [0.2, 0.25) is 0 Å². The predicted molar refractivity (Wildman–Crippen MR) is 54.2 cm³/mol. The van der Waals surface area contributed by atoms with Crippen molar-refractivity contribution in [3.05, 3.63) is 40.5 Å². The Morgan fingerprint density at radius 2 is 2.17 bits per heavy atom. The zero-order valence-electron chi connectivity index (χ0n) is 6.71. The van der Waals surface area contributed by atoms with Crippen molar-refractivity contribution in [2.75, 3.05) is 0 Å². The van der Waals surface area contributed by atoms with E-state index < -0.39 is 0 Å². The van der Waals surface area contributed by atoms with E-state index in [0.29, 0.717) is 0 Å². The van der Waals surface area contributed by atoms with Crippen LogP contribution in [0.2, 0.25) is 0 Å². The van der Waals surface area contributed by atoms with Gasteiger partial charge in [-0.1, -0.05) is 22.0 Å². The minimum atomic E-state index is 1.04. The first-order valence-corrected chi connectivity index (χ1v) is 4.57. The first kappa shape index (κ1) is 7.74. The van der Waals surface area contributed by atoms with Crippen LogP contribution in [0.1, 0.15) is 5.56 Å². The number of aromatic nitrogens is 1. The molecule has 2 rings (SSSR count). The lowest BCUT2D eigenvalue weighted by atomic mass is 10.1. The molecule has 0 unspecified atom stereocenters. The van der Waals surface area contributed by atoms with E-state index in [9.17, 15) is 0 Å². The molecule has 0 bridgehead atoms. The zero-order chi connectivity index (χ0) is 8.55. The Kier molecular flexibility index (Phi) is 1.85. The van der Waals surface area contributed by atoms with Crippen molar-refractivity contribution in [3.63, 3.8) is 0 Å². The summed E-state index contributed by atoms with van der Waals surface area (Å²) in [4.78, 5) is 4.25. The average Bonchev–Trinajstić information content (AvgIpc) is 2.07. The molecule has 1 aromatic heterocycles. The molecule has 0 aliphatic carbocycles. The molecule has 1 nitrogen and oxygen atoms in total. The first-order valence-electron chi connectivity index (χ1n) is 3.78. The third-order valence-electron chi connectivity index (χ3n) is 1.88. The molecule has 0 amide bonds. The number of pyridine rings is 1. The highest BCUT2D eigenvalue weighted by Gasteiger charge is 1.97. The van der Waals surface area contributed by atoms with Crippen molar-refractivity contribution >= 4 is 26.8 Å². The van der Waals surface area contributed by atoms with Gasteiger partial charge in [-0.3, -0.25) is 4.98 Å². The lowest BCUT2D eigenvalue weighted by molar-refractivity contribution is 1.38. The van der Waals surface area contributed by atoms with E-state index in [1.807, 2.05) is 18.3 Å². The van der Waals surface area contributed by atoms with E-state index in [1.54, 1.807) is 0 Å². The monoisotopic (exact) mass is 221 g/mol. The number of hydrogen-bond acceptors (Lipinski definition) is 1. The van der Waals surface area contributed by atoms with Crippen LogP contribution in [0.4, 0.5) is 0 Å². The molecule has 2 aromatic rings. The fourth-order valence-corrected chi connectivity index (χ4v) is 1.54. The maximum absolute atomic E-state index is 4.25. The van der Waals surface area contributed by atoms with Gasteiger partial charge in [0.25, 0.3) is 0 Å². The quantitative estimate of drug-likeness (QED) is 0.666. The minimum absolute atomic E-state index is 1.04. The SMILES string of the molecule is Cc1cc2cccnc2cc1Br. The van der Waals surface area contributed by atoms with E-state index in [4.69, 9.17) is 0 Å². The molecule has 0 saturated heterocycles. The fourth-order valence-electron chi connectivity index (χ4n) is 1.21. The average molecular weight is 222 g/mol. The lowest BCUT2D eigenvalue weighted by Crippen LogP contribution is -1.80. The first-order chi connectivity index (χ1) is 5.77. The van der Waals surface area contributed by atoms with Gasteiger partial charge in [0.1, 0.15) is 0 Å². The van der Waals surface area contributed by atoms with Crippen LogP contribution in [-0.4, -0.2) is 4.98 Å². The van der Waals surface area contributed by atoms with Crippen LogP contribution in [0.15, 0.2) is 34.9 Å². The number of hydrogen-bond donors (Lipinski definition) is 0. The number of halogens is 1. The zero-order valence-corrected chi connectivity index (χ0v) is 8.30. The smallest absolute Gasteiger partial charge is 0.0713 e. The Morgan fingerprint density at radius 1 is 1.33 bits per heavy atom. The summed E-state index contributed by atoms with van der Waals surface area (Å²) in [5.74, 6) is 0. The second-order valence-corrected chi connectivity index (χ2v) is 3.65. The number of benzene rings is 1. The van der Waals surface area contributed by atoms with Gasteiger partial charge in [-0.05, 0) is 30.7 Å². The van der Waals surface area contributed by atoms with E-state index in [1.165, 1.54) is 10.9 Å². The van der Waals surface area contributed by atoms with Crippen molar-refractivity contribution < 1.29 is 0 Å². The summed E-state index contributed by atoms with van der Waals surface area (Å²) in [5.41, 5.74) is 2.28. The highest BCUT2D eigenvalue weighted by atomic mass is 79.9. The Hall–Kier alpha value is -0.890. The molecule has 0 aliphatic heterocycles. The molecule has 0 atom stereocenters. The third-order valence-corrected chi connectivity index (χ3v) is 2.74. The number of rotatable bonds is 0. The van der Waals surface area contributed by atoms with Crippen molar-refractivity contribution in [1.82, 2.24) is 4.98 Å². The molecule has 12 heavy (non-hydrogen) atoms. The Balaban J connectivity index is 2.84. The van der Waals surface area contributed by atoms with Gasteiger partial charge in [-0.2, -0.15) is 0 Å². The fraction of sp³-hybridized carbons (Fsp3) is 0.100. The largest absolute Gasteiger partial charge is 0.256 e. The maximum atomic E-state index is 4.25. The summed E-state index contributed by atoms with van der Waals surface area (Å²) in [6.45, 7) is 2.08. The molecular weight excluding hydrogens is 214 g/mol. The normalized spacial score (nSPS) is 10.5. The van der Waals surface area contributed by atoms with Crippen LogP contribution in [0.5, 0.6) is 0 Å². The third kappa shape index (κ3) is 1.23. The van der Waals surface area contributed by atoms with Gasteiger partial charge in [-0.25, -0.2) is 0 Å². The van der Waals surface area contributed by atoms with Gasteiger partial charge in [0.05, 0.1) is 5.52 Å². The second kappa shape index (κ2) is 2.87. The second-order valence-electron chi connectivity index (χ2n) is 2.80. The predicted octanol–water partition coefficient (Wildman–Crippen LogP) is 3.31. The molecule has 0 fully saturated rings.